The topological polar surface area (TPSA) is 74.4 Å². The van der Waals surface area contributed by atoms with Gasteiger partial charge in [-0.2, -0.15) is 0 Å². The van der Waals surface area contributed by atoms with E-state index < -0.39 is 0 Å². The van der Waals surface area contributed by atoms with E-state index in [1.807, 2.05) is 23.1 Å². The SMILES string of the molecule is CCN1CCN(C(=O)N[C@H]2CC(=O)N(c3ccc4c(c3)OCCO4)C2)CC1. The van der Waals surface area contributed by atoms with Crippen LogP contribution in [-0.2, 0) is 4.79 Å². The van der Waals surface area contributed by atoms with Crippen molar-refractivity contribution in [3.05, 3.63) is 18.2 Å². The summed E-state index contributed by atoms with van der Waals surface area (Å²) in [5.41, 5.74) is 0.776. The molecule has 8 nitrogen and oxygen atoms in total. The molecule has 8 heteroatoms. The van der Waals surface area contributed by atoms with Crippen LogP contribution in [0.25, 0.3) is 0 Å². The van der Waals surface area contributed by atoms with Crippen LogP contribution in [0.2, 0.25) is 0 Å². The predicted octanol–water partition coefficient (Wildman–Crippen LogP) is 0.910. The zero-order valence-electron chi connectivity index (χ0n) is 15.6. The first kappa shape index (κ1) is 17.9. The van der Waals surface area contributed by atoms with Gasteiger partial charge in [0.25, 0.3) is 0 Å². The fourth-order valence-corrected chi connectivity index (χ4v) is 3.79. The van der Waals surface area contributed by atoms with E-state index in [4.69, 9.17) is 9.47 Å². The number of likely N-dealkylation sites (N-methyl/N-ethyl adjacent to an activating group) is 1. The van der Waals surface area contributed by atoms with Crippen molar-refractivity contribution in [2.75, 3.05) is 57.4 Å². The fraction of sp³-hybridized carbons (Fsp3) is 0.579. The molecule has 0 aromatic heterocycles. The lowest BCUT2D eigenvalue weighted by Crippen LogP contribution is -2.53. The molecule has 1 aromatic carbocycles. The molecule has 3 heterocycles. The second-order valence-corrected chi connectivity index (χ2v) is 7.10. The number of fused-ring (bicyclic) bond motifs is 1. The quantitative estimate of drug-likeness (QED) is 0.851. The Morgan fingerprint density at radius 2 is 1.89 bits per heavy atom. The molecule has 2 fully saturated rings. The van der Waals surface area contributed by atoms with Crippen LogP contribution in [0.4, 0.5) is 10.5 Å². The van der Waals surface area contributed by atoms with Crippen molar-refractivity contribution in [3.8, 4) is 11.5 Å². The number of piperazine rings is 1. The summed E-state index contributed by atoms with van der Waals surface area (Å²) in [5, 5.41) is 3.02. The molecule has 3 amide bonds. The first-order valence-corrected chi connectivity index (χ1v) is 9.62. The molecule has 2 saturated heterocycles. The lowest BCUT2D eigenvalue weighted by Gasteiger charge is -2.34. The third-order valence-electron chi connectivity index (χ3n) is 5.40. The van der Waals surface area contributed by atoms with Gasteiger partial charge < -0.3 is 29.5 Å². The number of amides is 3. The highest BCUT2D eigenvalue weighted by Crippen LogP contribution is 2.35. The van der Waals surface area contributed by atoms with Crippen LogP contribution in [0.5, 0.6) is 11.5 Å². The third kappa shape index (κ3) is 3.80. The summed E-state index contributed by atoms with van der Waals surface area (Å²) in [7, 11) is 0. The van der Waals surface area contributed by atoms with Crippen LogP contribution in [-0.4, -0.2) is 80.3 Å². The van der Waals surface area contributed by atoms with Crippen molar-refractivity contribution in [2.45, 2.75) is 19.4 Å². The minimum atomic E-state index is -0.178. The summed E-state index contributed by atoms with van der Waals surface area (Å²) in [6.45, 7) is 7.92. The predicted molar refractivity (Wildman–Crippen MR) is 100 cm³/mol. The van der Waals surface area contributed by atoms with Crippen molar-refractivity contribution < 1.29 is 19.1 Å². The summed E-state index contributed by atoms with van der Waals surface area (Å²) in [4.78, 5) is 30.9. The van der Waals surface area contributed by atoms with Crippen LogP contribution in [0.15, 0.2) is 18.2 Å². The van der Waals surface area contributed by atoms with Gasteiger partial charge in [-0.15, -0.1) is 0 Å². The van der Waals surface area contributed by atoms with E-state index in [1.165, 1.54) is 0 Å². The second kappa shape index (κ2) is 7.64. The maximum atomic E-state index is 12.5. The third-order valence-corrected chi connectivity index (χ3v) is 5.40. The summed E-state index contributed by atoms with van der Waals surface area (Å²) in [6.07, 6.45) is 0.315. The lowest BCUT2D eigenvalue weighted by atomic mass is 10.2. The average molecular weight is 374 g/mol. The van der Waals surface area contributed by atoms with E-state index >= 15 is 0 Å². The molecule has 1 aromatic rings. The summed E-state index contributed by atoms with van der Waals surface area (Å²) in [5.74, 6) is 1.37. The number of carbonyl (C=O) groups is 2. The van der Waals surface area contributed by atoms with Gasteiger partial charge in [0.05, 0.1) is 6.04 Å². The van der Waals surface area contributed by atoms with Gasteiger partial charge in [0.1, 0.15) is 13.2 Å². The minimum absolute atomic E-state index is 0.00720. The highest BCUT2D eigenvalue weighted by atomic mass is 16.6. The zero-order chi connectivity index (χ0) is 18.8. The number of hydrogen-bond donors (Lipinski definition) is 1. The molecule has 146 valence electrons. The number of anilines is 1. The summed E-state index contributed by atoms with van der Waals surface area (Å²) in [6, 6.07) is 5.27. The largest absolute Gasteiger partial charge is 0.486 e. The maximum Gasteiger partial charge on any atom is 0.317 e. The summed E-state index contributed by atoms with van der Waals surface area (Å²) >= 11 is 0. The molecule has 3 aliphatic rings. The first-order valence-electron chi connectivity index (χ1n) is 9.62. The number of rotatable bonds is 3. The monoisotopic (exact) mass is 374 g/mol. The van der Waals surface area contributed by atoms with Crippen LogP contribution in [0.1, 0.15) is 13.3 Å². The molecule has 27 heavy (non-hydrogen) atoms. The number of carbonyl (C=O) groups excluding carboxylic acids is 2. The molecule has 3 aliphatic heterocycles. The van der Waals surface area contributed by atoms with Crippen LogP contribution >= 0.6 is 0 Å². The smallest absolute Gasteiger partial charge is 0.317 e. The van der Waals surface area contributed by atoms with Crippen molar-refractivity contribution in [2.24, 2.45) is 0 Å². The van der Waals surface area contributed by atoms with Crippen LogP contribution in [0.3, 0.4) is 0 Å². The first-order chi connectivity index (χ1) is 13.1. The number of urea groups is 1. The number of nitrogens with one attached hydrogen (secondary N) is 1. The van der Waals surface area contributed by atoms with E-state index in [0.717, 1.165) is 38.4 Å². The maximum absolute atomic E-state index is 12.5. The van der Waals surface area contributed by atoms with Crippen molar-refractivity contribution in [3.63, 3.8) is 0 Å². The average Bonchev–Trinajstić information content (AvgIpc) is 3.07. The van der Waals surface area contributed by atoms with Crippen molar-refractivity contribution >= 4 is 17.6 Å². The normalized spacial score (nSPS) is 22.9. The number of hydrogen-bond acceptors (Lipinski definition) is 5. The number of ether oxygens (including phenoxy) is 2. The molecule has 1 atom stereocenters. The molecule has 0 radical (unpaired) electrons. The van der Waals surface area contributed by atoms with Gasteiger partial charge in [0, 0.05) is 50.9 Å². The van der Waals surface area contributed by atoms with Gasteiger partial charge in [-0.1, -0.05) is 6.92 Å². The Morgan fingerprint density at radius 3 is 2.63 bits per heavy atom. The molecule has 0 aliphatic carbocycles. The van der Waals surface area contributed by atoms with E-state index in [1.54, 1.807) is 4.90 Å². The Morgan fingerprint density at radius 1 is 1.15 bits per heavy atom. The molecule has 4 rings (SSSR count). The Balaban J connectivity index is 1.36. The lowest BCUT2D eigenvalue weighted by molar-refractivity contribution is -0.117. The number of nitrogens with zero attached hydrogens (tertiary/aromatic N) is 3. The minimum Gasteiger partial charge on any atom is -0.486 e. The van der Waals surface area contributed by atoms with E-state index in [-0.39, 0.29) is 18.0 Å². The van der Waals surface area contributed by atoms with Gasteiger partial charge in [-0.3, -0.25) is 4.79 Å². The van der Waals surface area contributed by atoms with Gasteiger partial charge in [-0.05, 0) is 18.7 Å². The van der Waals surface area contributed by atoms with Gasteiger partial charge in [0.2, 0.25) is 5.91 Å². The second-order valence-electron chi connectivity index (χ2n) is 7.10. The molecular weight excluding hydrogens is 348 g/mol. The Bertz CT molecular complexity index is 718. The van der Waals surface area contributed by atoms with E-state index in [9.17, 15) is 9.59 Å². The highest BCUT2D eigenvalue weighted by Gasteiger charge is 2.33. The molecular formula is C19H26N4O4. The summed E-state index contributed by atoms with van der Waals surface area (Å²) < 4.78 is 11.1. The highest BCUT2D eigenvalue weighted by molar-refractivity contribution is 5.97. The van der Waals surface area contributed by atoms with Crippen LogP contribution < -0.4 is 19.7 Å². The Hall–Kier alpha value is -2.48. The van der Waals surface area contributed by atoms with Crippen molar-refractivity contribution in [1.82, 2.24) is 15.1 Å². The van der Waals surface area contributed by atoms with Crippen LogP contribution in [0, 0.1) is 0 Å². The molecule has 0 saturated carbocycles. The Kier molecular flexibility index (Phi) is 5.07. The fourth-order valence-electron chi connectivity index (χ4n) is 3.79. The van der Waals surface area contributed by atoms with Gasteiger partial charge in [-0.25, -0.2) is 4.79 Å². The molecule has 0 unspecified atom stereocenters. The zero-order valence-corrected chi connectivity index (χ0v) is 15.6. The van der Waals surface area contributed by atoms with Gasteiger partial charge in [0.15, 0.2) is 11.5 Å². The van der Waals surface area contributed by atoms with E-state index in [2.05, 4.69) is 17.1 Å². The molecule has 0 spiro atoms. The molecule has 0 bridgehead atoms. The Labute approximate surface area is 159 Å². The molecule has 1 N–H and O–H groups in total. The van der Waals surface area contributed by atoms with Crippen molar-refractivity contribution in [1.29, 1.82) is 0 Å². The van der Waals surface area contributed by atoms with E-state index in [0.29, 0.717) is 37.7 Å². The number of benzene rings is 1. The van der Waals surface area contributed by atoms with Gasteiger partial charge >= 0.3 is 6.03 Å². The standard InChI is InChI=1S/C19H26N4O4/c1-2-21-5-7-22(8-6-21)19(25)20-14-11-18(24)23(13-14)15-3-4-16-17(12-15)27-10-9-26-16/h3-4,12,14H,2,5-11,13H2,1H3,(H,20,25)/t14-/m0/s1.